The molecule has 4 rings (SSSR count). The van der Waals surface area contributed by atoms with Crippen LogP contribution in [-0.2, 0) is 6.54 Å². The van der Waals surface area contributed by atoms with E-state index in [1.54, 1.807) is 12.3 Å². The van der Waals surface area contributed by atoms with E-state index < -0.39 is 0 Å². The molecule has 27 heavy (non-hydrogen) atoms. The van der Waals surface area contributed by atoms with E-state index in [1.807, 2.05) is 55.5 Å². The molecule has 1 aromatic heterocycles. The molecule has 2 aromatic carbocycles. The molecule has 2 N–H and O–H groups in total. The number of fused-ring (bicyclic) bond motifs is 1. The number of benzene rings is 2. The molecule has 2 heterocycles. The van der Waals surface area contributed by atoms with Crippen molar-refractivity contribution in [2.24, 2.45) is 0 Å². The number of hydrogen-bond acceptors (Lipinski definition) is 5. The summed E-state index contributed by atoms with van der Waals surface area (Å²) in [7, 11) is 0. The van der Waals surface area contributed by atoms with Gasteiger partial charge in [-0.05, 0) is 48.4 Å². The predicted octanol–water partition coefficient (Wildman–Crippen LogP) is 3.98. The zero-order valence-electron chi connectivity index (χ0n) is 14.9. The number of aryl methyl sites for hydroxylation is 1. The minimum absolute atomic E-state index is 0.240. The molecule has 3 aromatic rings. The van der Waals surface area contributed by atoms with Crippen molar-refractivity contribution in [1.82, 2.24) is 4.98 Å². The maximum atomic E-state index is 12.5. The van der Waals surface area contributed by atoms with Crippen LogP contribution in [0.4, 0.5) is 11.4 Å². The summed E-state index contributed by atoms with van der Waals surface area (Å²) < 4.78 is 10.7. The lowest BCUT2D eigenvalue weighted by Gasteiger charge is -2.10. The standard InChI is InChI=1S/C21H19N3O3/c1-14-4-2-3-5-17(14)24-21(25)18-11-16(8-9-22-18)23-12-15-6-7-19-20(10-15)27-13-26-19/h2-11H,12-13H2,1H3,(H,22,23)(H,24,25). The summed E-state index contributed by atoms with van der Waals surface area (Å²) in [5.74, 6) is 1.27. The molecule has 0 aliphatic carbocycles. The average Bonchev–Trinajstić information content (AvgIpc) is 3.16. The van der Waals surface area contributed by atoms with Gasteiger partial charge in [-0.1, -0.05) is 24.3 Å². The van der Waals surface area contributed by atoms with Gasteiger partial charge in [0.1, 0.15) is 5.69 Å². The Bertz CT molecular complexity index is 988. The molecule has 0 bridgehead atoms. The van der Waals surface area contributed by atoms with Crippen LogP contribution >= 0.6 is 0 Å². The van der Waals surface area contributed by atoms with Crippen LogP contribution in [-0.4, -0.2) is 17.7 Å². The fourth-order valence-corrected chi connectivity index (χ4v) is 2.82. The number of hydrogen-bond donors (Lipinski definition) is 2. The van der Waals surface area contributed by atoms with Gasteiger partial charge in [-0.15, -0.1) is 0 Å². The third kappa shape index (κ3) is 3.84. The maximum absolute atomic E-state index is 12.5. The topological polar surface area (TPSA) is 72.5 Å². The van der Waals surface area contributed by atoms with Crippen LogP contribution in [0.3, 0.4) is 0 Å². The van der Waals surface area contributed by atoms with Gasteiger partial charge in [0.25, 0.3) is 5.91 Å². The Morgan fingerprint density at radius 1 is 1.07 bits per heavy atom. The van der Waals surface area contributed by atoms with E-state index in [4.69, 9.17) is 9.47 Å². The first-order valence-electron chi connectivity index (χ1n) is 8.64. The van der Waals surface area contributed by atoms with Crippen molar-refractivity contribution in [2.75, 3.05) is 17.4 Å². The van der Waals surface area contributed by atoms with E-state index in [1.165, 1.54) is 0 Å². The molecular weight excluding hydrogens is 342 g/mol. The smallest absolute Gasteiger partial charge is 0.274 e. The highest BCUT2D eigenvalue weighted by atomic mass is 16.7. The van der Waals surface area contributed by atoms with Gasteiger partial charge in [-0.3, -0.25) is 9.78 Å². The number of carbonyl (C=O) groups excluding carboxylic acids is 1. The number of para-hydroxylation sites is 1. The normalized spacial score (nSPS) is 11.9. The van der Waals surface area contributed by atoms with E-state index >= 15 is 0 Å². The van der Waals surface area contributed by atoms with Crippen molar-refractivity contribution in [3.8, 4) is 11.5 Å². The number of amides is 1. The van der Waals surface area contributed by atoms with Gasteiger partial charge in [0.15, 0.2) is 11.5 Å². The van der Waals surface area contributed by atoms with E-state index in [2.05, 4.69) is 15.6 Å². The molecule has 0 atom stereocenters. The first-order valence-corrected chi connectivity index (χ1v) is 8.64. The van der Waals surface area contributed by atoms with Crippen LogP contribution in [0.5, 0.6) is 11.5 Å². The maximum Gasteiger partial charge on any atom is 0.274 e. The van der Waals surface area contributed by atoms with Crippen molar-refractivity contribution in [1.29, 1.82) is 0 Å². The highest BCUT2D eigenvalue weighted by Crippen LogP contribution is 2.32. The molecule has 1 aliphatic heterocycles. The molecule has 0 radical (unpaired) electrons. The van der Waals surface area contributed by atoms with Crippen molar-refractivity contribution in [2.45, 2.75) is 13.5 Å². The quantitative estimate of drug-likeness (QED) is 0.719. The van der Waals surface area contributed by atoms with Crippen LogP contribution in [0.25, 0.3) is 0 Å². The summed E-state index contributed by atoms with van der Waals surface area (Å²) in [5, 5.41) is 6.20. The van der Waals surface area contributed by atoms with Crippen LogP contribution in [0.1, 0.15) is 21.6 Å². The first-order chi connectivity index (χ1) is 13.2. The van der Waals surface area contributed by atoms with Gasteiger partial charge in [0, 0.05) is 24.1 Å². The fraction of sp³-hybridized carbons (Fsp3) is 0.143. The molecule has 6 nitrogen and oxygen atoms in total. The van der Waals surface area contributed by atoms with Crippen molar-refractivity contribution < 1.29 is 14.3 Å². The third-order valence-corrected chi connectivity index (χ3v) is 4.32. The number of carbonyl (C=O) groups is 1. The zero-order valence-corrected chi connectivity index (χ0v) is 14.9. The third-order valence-electron chi connectivity index (χ3n) is 4.32. The minimum Gasteiger partial charge on any atom is -0.454 e. The van der Waals surface area contributed by atoms with Crippen molar-refractivity contribution in [3.63, 3.8) is 0 Å². The number of nitrogens with one attached hydrogen (secondary N) is 2. The van der Waals surface area contributed by atoms with Crippen LogP contribution in [0.2, 0.25) is 0 Å². The van der Waals surface area contributed by atoms with Crippen molar-refractivity contribution >= 4 is 17.3 Å². The Balaban J connectivity index is 1.43. The SMILES string of the molecule is Cc1ccccc1NC(=O)c1cc(NCc2ccc3c(c2)OCO3)ccn1. The molecular formula is C21H19N3O3. The van der Waals surface area contributed by atoms with E-state index in [-0.39, 0.29) is 12.7 Å². The zero-order chi connectivity index (χ0) is 18.6. The van der Waals surface area contributed by atoms with Gasteiger partial charge in [0.2, 0.25) is 6.79 Å². The molecule has 0 saturated carbocycles. The van der Waals surface area contributed by atoms with Crippen LogP contribution in [0, 0.1) is 6.92 Å². The van der Waals surface area contributed by atoms with Gasteiger partial charge in [0.05, 0.1) is 0 Å². The Morgan fingerprint density at radius 3 is 2.81 bits per heavy atom. The average molecular weight is 361 g/mol. The number of pyridine rings is 1. The highest BCUT2D eigenvalue weighted by molar-refractivity contribution is 6.03. The van der Waals surface area contributed by atoms with Gasteiger partial charge in [-0.2, -0.15) is 0 Å². The molecule has 0 saturated heterocycles. The van der Waals surface area contributed by atoms with E-state index in [0.29, 0.717) is 12.2 Å². The second kappa shape index (κ2) is 7.37. The number of anilines is 2. The molecule has 0 spiro atoms. The molecule has 1 amide bonds. The summed E-state index contributed by atoms with van der Waals surface area (Å²) in [6.45, 7) is 2.81. The Labute approximate surface area is 157 Å². The van der Waals surface area contributed by atoms with Gasteiger partial charge < -0.3 is 20.1 Å². The van der Waals surface area contributed by atoms with E-state index in [9.17, 15) is 4.79 Å². The lowest BCUT2D eigenvalue weighted by molar-refractivity contribution is 0.102. The highest BCUT2D eigenvalue weighted by Gasteiger charge is 2.13. The Morgan fingerprint density at radius 2 is 1.93 bits per heavy atom. The summed E-state index contributed by atoms with van der Waals surface area (Å²) in [6, 6.07) is 17.0. The van der Waals surface area contributed by atoms with Gasteiger partial charge in [-0.25, -0.2) is 0 Å². The second-order valence-electron chi connectivity index (χ2n) is 6.24. The summed E-state index contributed by atoms with van der Waals surface area (Å²) in [4.78, 5) is 16.7. The summed E-state index contributed by atoms with van der Waals surface area (Å²) >= 11 is 0. The molecule has 0 fully saturated rings. The lowest BCUT2D eigenvalue weighted by atomic mass is 10.2. The predicted molar refractivity (Wildman–Crippen MR) is 103 cm³/mol. The summed E-state index contributed by atoms with van der Waals surface area (Å²) in [6.07, 6.45) is 1.62. The molecule has 0 unspecified atom stereocenters. The first kappa shape index (κ1) is 16.9. The molecule has 1 aliphatic rings. The van der Waals surface area contributed by atoms with Gasteiger partial charge >= 0.3 is 0 Å². The fourth-order valence-electron chi connectivity index (χ4n) is 2.82. The number of aromatic nitrogens is 1. The second-order valence-corrected chi connectivity index (χ2v) is 6.24. The molecule has 6 heteroatoms. The number of ether oxygens (including phenoxy) is 2. The largest absolute Gasteiger partial charge is 0.454 e. The number of rotatable bonds is 5. The summed E-state index contributed by atoms with van der Waals surface area (Å²) in [5.41, 5.74) is 4.01. The minimum atomic E-state index is -0.240. The number of nitrogens with zero attached hydrogens (tertiary/aromatic N) is 1. The Hall–Kier alpha value is -3.54. The Kier molecular flexibility index (Phi) is 4.61. The molecule has 136 valence electrons. The van der Waals surface area contributed by atoms with Crippen molar-refractivity contribution in [3.05, 3.63) is 77.6 Å². The van der Waals surface area contributed by atoms with E-state index in [0.717, 1.165) is 34.0 Å². The monoisotopic (exact) mass is 361 g/mol. The van der Waals surface area contributed by atoms with Crippen LogP contribution < -0.4 is 20.1 Å². The van der Waals surface area contributed by atoms with Crippen LogP contribution in [0.15, 0.2) is 60.8 Å². The lowest BCUT2D eigenvalue weighted by Crippen LogP contribution is -2.14.